The number of halogens is 2. The van der Waals surface area contributed by atoms with Gasteiger partial charge in [0, 0.05) is 15.1 Å². The second-order valence-corrected chi connectivity index (χ2v) is 10.0. The van der Waals surface area contributed by atoms with E-state index < -0.39 is 0 Å². The summed E-state index contributed by atoms with van der Waals surface area (Å²) in [7, 11) is 1.48. The van der Waals surface area contributed by atoms with Crippen LogP contribution in [0.15, 0.2) is 87.1 Å². The topological polar surface area (TPSA) is 63.8 Å². The molecule has 0 amide bonds. The lowest BCUT2D eigenvalue weighted by Crippen LogP contribution is -2.36. The van der Waals surface area contributed by atoms with Gasteiger partial charge in [-0.15, -0.1) is 0 Å². The Kier molecular flexibility index (Phi) is 6.16. The lowest BCUT2D eigenvalue weighted by Gasteiger charge is -2.19. The first-order valence-electron chi connectivity index (χ1n) is 10.4. The molecule has 0 fully saturated rings. The fourth-order valence-electron chi connectivity index (χ4n) is 3.85. The molecule has 8 heteroatoms. The number of aromatic hydroxyl groups is 1. The molecule has 5 rings (SSSR count). The number of hydrogen-bond donors (Lipinski definition) is 1. The molecule has 1 aromatic heterocycles. The number of phenolic OH excluding ortho intramolecular Hbond substituents is 1. The van der Waals surface area contributed by atoms with Crippen molar-refractivity contribution in [2.75, 3.05) is 7.11 Å². The predicted octanol–water partition coefficient (Wildman–Crippen LogP) is 5.13. The number of rotatable bonds is 4. The highest BCUT2D eigenvalue weighted by molar-refractivity contribution is 9.10. The molecular weight excluding hydrogens is 536 g/mol. The molecular formula is C26H18BrClN2O3S. The monoisotopic (exact) mass is 552 g/mol. The lowest BCUT2D eigenvalue weighted by molar-refractivity contribution is 0.372. The minimum atomic E-state index is -0.350. The van der Waals surface area contributed by atoms with Crippen molar-refractivity contribution in [3.63, 3.8) is 0 Å². The number of ether oxygens (including phenoxy) is 1. The number of benzene rings is 3. The van der Waals surface area contributed by atoms with Crippen molar-refractivity contribution in [2.24, 2.45) is 4.99 Å². The molecule has 1 atom stereocenters. The molecule has 1 aliphatic rings. The van der Waals surface area contributed by atoms with Gasteiger partial charge in [0.2, 0.25) is 0 Å². The molecule has 0 saturated heterocycles. The van der Waals surface area contributed by atoms with Crippen LogP contribution in [0.4, 0.5) is 0 Å². The number of phenols is 1. The number of allylic oxidation sites excluding steroid dienone is 1. The van der Waals surface area contributed by atoms with Gasteiger partial charge < -0.3 is 9.84 Å². The van der Waals surface area contributed by atoms with Crippen molar-refractivity contribution < 1.29 is 9.84 Å². The van der Waals surface area contributed by atoms with E-state index in [4.69, 9.17) is 21.3 Å². The molecule has 3 aromatic carbocycles. The first-order chi connectivity index (χ1) is 16.4. The van der Waals surface area contributed by atoms with E-state index in [9.17, 15) is 9.90 Å². The van der Waals surface area contributed by atoms with Gasteiger partial charge in [0.1, 0.15) is 0 Å². The van der Waals surface area contributed by atoms with E-state index in [1.54, 1.807) is 22.8 Å². The number of thiazole rings is 1. The molecule has 1 N–H and O–H groups in total. The molecule has 2 heterocycles. The zero-order chi connectivity index (χ0) is 23.8. The van der Waals surface area contributed by atoms with Crippen molar-refractivity contribution >= 4 is 50.6 Å². The SMILES string of the molecule is COc1cc(Br)cc(C=c2sc3n(c2=O)C(c2ccc(Cl)cc2)C=C(c2ccccc2)N=3)c1O. The van der Waals surface area contributed by atoms with Crippen molar-refractivity contribution in [2.45, 2.75) is 6.04 Å². The summed E-state index contributed by atoms with van der Waals surface area (Å²) < 4.78 is 8.11. The van der Waals surface area contributed by atoms with Gasteiger partial charge in [0.25, 0.3) is 5.56 Å². The van der Waals surface area contributed by atoms with Gasteiger partial charge in [0.05, 0.1) is 23.4 Å². The summed E-state index contributed by atoms with van der Waals surface area (Å²) >= 11 is 10.8. The molecule has 5 nitrogen and oxygen atoms in total. The lowest BCUT2D eigenvalue weighted by atomic mass is 10.0. The Bertz CT molecular complexity index is 1590. The van der Waals surface area contributed by atoms with Crippen molar-refractivity contribution in [3.05, 3.63) is 119 Å². The normalized spacial score (nSPS) is 15.4. The third-order valence-corrected chi connectivity index (χ3v) is 7.20. The zero-order valence-electron chi connectivity index (χ0n) is 17.9. The number of fused-ring (bicyclic) bond motifs is 1. The fourth-order valence-corrected chi connectivity index (χ4v) is 5.44. The summed E-state index contributed by atoms with van der Waals surface area (Å²) in [4.78, 5) is 19.0. The molecule has 0 radical (unpaired) electrons. The van der Waals surface area contributed by atoms with E-state index in [0.717, 1.165) is 21.3 Å². The Morgan fingerprint density at radius 2 is 1.88 bits per heavy atom. The van der Waals surface area contributed by atoms with Crippen LogP contribution >= 0.6 is 38.9 Å². The summed E-state index contributed by atoms with van der Waals surface area (Å²) in [6.07, 6.45) is 3.65. The molecule has 34 heavy (non-hydrogen) atoms. The van der Waals surface area contributed by atoms with Crippen molar-refractivity contribution in [1.82, 2.24) is 4.57 Å². The Labute approximate surface area is 212 Å². The highest BCUT2D eigenvalue weighted by Gasteiger charge is 2.22. The van der Waals surface area contributed by atoms with Crippen LogP contribution in [0.3, 0.4) is 0 Å². The van der Waals surface area contributed by atoms with Gasteiger partial charge in [-0.3, -0.25) is 9.36 Å². The summed E-state index contributed by atoms with van der Waals surface area (Å²) in [5.74, 6) is 0.287. The van der Waals surface area contributed by atoms with Crippen LogP contribution in [0.1, 0.15) is 22.7 Å². The van der Waals surface area contributed by atoms with Crippen LogP contribution in [0.5, 0.6) is 11.5 Å². The van der Waals surface area contributed by atoms with E-state index >= 15 is 0 Å². The van der Waals surface area contributed by atoms with Crippen molar-refractivity contribution in [3.8, 4) is 11.5 Å². The quantitative estimate of drug-likeness (QED) is 0.381. The van der Waals surface area contributed by atoms with Crippen LogP contribution in [-0.4, -0.2) is 16.8 Å². The molecule has 170 valence electrons. The van der Waals surface area contributed by atoms with Crippen molar-refractivity contribution in [1.29, 1.82) is 0 Å². The third-order valence-electron chi connectivity index (χ3n) is 5.50. The summed E-state index contributed by atoms with van der Waals surface area (Å²) in [6.45, 7) is 0. The summed E-state index contributed by atoms with van der Waals surface area (Å²) in [6, 6.07) is 20.4. The van der Waals surface area contributed by atoms with E-state index in [1.165, 1.54) is 18.4 Å². The number of methoxy groups -OCH3 is 1. The van der Waals surface area contributed by atoms with E-state index in [1.807, 2.05) is 60.7 Å². The maximum atomic E-state index is 13.6. The Hall–Kier alpha value is -3.13. The minimum Gasteiger partial charge on any atom is -0.504 e. The molecule has 4 aromatic rings. The maximum absolute atomic E-state index is 13.6. The Morgan fingerprint density at radius 3 is 2.59 bits per heavy atom. The second-order valence-electron chi connectivity index (χ2n) is 7.64. The van der Waals surface area contributed by atoms with E-state index in [2.05, 4.69) is 15.9 Å². The standard InChI is InChI=1S/C26H18BrClN2O3S/c1-33-22-13-18(27)11-17(24(22)31)12-23-25(32)30-21(16-7-9-19(28)10-8-16)14-20(29-26(30)34-23)15-5-3-2-4-6-15/h2-14,21,31H,1H3. The Morgan fingerprint density at radius 1 is 1.15 bits per heavy atom. The molecule has 0 bridgehead atoms. The smallest absolute Gasteiger partial charge is 0.271 e. The largest absolute Gasteiger partial charge is 0.504 e. The highest BCUT2D eigenvalue weighted by Crippen LogP contribution is 2.34. The first kappa shape index (κ1) is 22.7. The molecule has 1 unspecified atom stereocenters. The number of aromatic nitrogens is 1. The fraction of sp³-hybridized carbons (Fsp3) is 0.0769. The summed E-state index contributed by atoms with van der Waals surface area (Å²) in [5.41, 5.74) is 2.97. The van der Waals surface area contributed by atoms with Gasteiger partial charge >= 0.3 is 0 Å². The van der Waals surface area contributed by atoms with Crippen LogP contribution in [-0.2, 0) is 0 Å². The summed E-state index contributed by atoms with van der Waals surface area (Å²) in [5, 5.41) is 11.2. The molecule has 0 aliphatic carbocycles. The van der Waals surface area contributed by atoms with E-state index in [0.29, 0.717) is 25.7 Å². The van der Waals surface area contributed by atoms with Gasteiger partial charge in [-0.1, -0.05) is 81.3 Å². The van der Waals surface area contributed by atoms with Crippen LogP contribution in [0, 0.1) is 0 Å². The molecule has 0 spiro atoms. The average molecular weight is 554 g/mol. The van der Waals surface area contributed by atoms with Gasteiger partial charge in [-0.25, -0.2) is 4.99 Å². The maximum Gasteiger partial charge on any atom is 0.271 e. The predicted molar refractivity (Wildman–Crippen MR) is 139 cm³/mol. The number of nitrogens with zero attached hydrogens (tertiary/aromatic N) is 2. The second kappa shape index (κ2) is 9.25. The van der Waals surface area contributed by atoms with Crippen LogP contribution in [0.2, 0.25) is 5.02 Å². The van der Waals surface area contributed by atoms with Gasteiger partial charge in [0.15, 0.2) is 16.3 Å². The van der Waals surface area contributed by atoms with Crippen LogP contribution in [0.25, 0.3) is 11.8 Å². The molecule has 1 aliphatic heterocycles. The third kappa shape index (κ3) is 4.22. The average Bonchev–Trinajstić information content (AvgIpc) is 3.16. The zero-order valence-corrected chi connectivity index (χ0v) is 21.1. The van der Waals surface area contributed by atoms with Gasteiger partial charge in [-0.2, -0.15) is 0 Å². The van der Waals surface area contributed by atoms with Gasteiger partial charge in [-0.05, 0) is 47.5 Å². The number of hydrogen-bond acceptors (Lipinski definition) is 5. The van der Waals surface area contributed by atoms with Crippen LogP contribution < -0.4 is 19.6 Å². The first-order valence-corrected chi connectivity index (χ1v) is 12.3. The minimum absolute atomic E-state index is 0.0317. The molecule has 0 saturated carbocycles. The van der Waals surface area contributed by atoms with E-state index in [-0.39, 0.29) is 17.4 Å². The Balaban J connectivity index is 1.74. The highest BCUT2D eigenvalue weighted by atomic mass is 79.9.